The Kier molecular flexibility index (Phi) is 4.89. The lowest BCUT2D eigenvalue weighted by Crippen LogP contribution is -2.37. The van der Waals surface area contributed by atoms with Crippen molar-refractivity contribution in [2.45, 2.75) is 61.5 Å². The van der Waals surface area contributed by atoms with Gasteiger partial charge in [0.05, 0.1) is 12.7 Å². The van der Waals surface area contributed by atoms with Gasteiger partial charge in [0.1, 0.15) is 4.21 Å². The van der Waals surface area contributed by atoms with Crippen molar-refractivity contribution in [3.8, 4) is 0 Å². The molecule has 0 bridgehead atoms. The molecule has 5 nitrogen and oxygen atoms in total. The highest BCUT2D eigenvalue weighted by atomic mass is 32.2. The van der Waals surface area contributed by atoms with Gasteiger partial charge in [-0.25, -0.2) is 13.1 Å². The normalized spacial score (nSPS) is 24.9. The molecule has 7 heteroatoms. The van der Waals surface area contributed by atoms with E-state index in [1.54, 1.807) is 6.07 Å². The van der Waals surface area contributed by atoms with Crippen LogP contribution in [0.5, 0.6) is 0 Å². The Bertz CT molecular complexity index is 605. The van der Waals surface area contributed by atoms with Gasteiger partial charge in [-0.15, -0.1) is 11.3 Å². The largest absolute Gasteiger partial charge is 0.347 e. The fourth-order valence-corrected chi connectivity index (χ4v) is 5.44. The van der Waals surface area contributed by atoms with Crippen LogP contribution in [-0.4, -0.2) is 33.5 Å². The van der Waals surface area contributed by atoms with E-state index in [1.165, 1.54) is 17.8 Å². The summed E-state index contributed by atoms with van der Waals surface area (Å²) in [5, 5.41) is 0. The summed E-state index contributed by atoms with van der Waals surface area (Å²) in [4.78, 5) is 1.07. The van der Waals surface area contributed by atoms with Crippen LogP contribution in [0.1, 0.15) is 43.9 Å². The van der Waals surface area contributed by atoms with Gasteiger partial charge in [0.15, 0.2) is 5.79 Å². The fourth-order valence-electron chi connectivity index (χ4n) is 3.04. The van der Waals surface area contributed by atoms with Crippen LogP contribution < -0.4 is 4.72 Å². The smallest absolute Gasteiger partial charge is 0.250 e. The molecule has 124 valence electrons. The Hall–Kier alpha value is -0.470. The minimum atomic E-state index is -3.45. The predicted octanol–water partition coefficient (Wildman–Crippen LogP) is 2.66. The van der Waals surface area contributed by atoms with Crippen molar-refractivity contribution < 1.29 is 17.9 Å². The monoisotopic (exact) mass is 345 g/mol. The summed E-state index contributed by atoms with van der Waals surface area (Å²) >= 11 is 1.32. The molecule has 1 atom stereocenters. The van der Waals surface area contributed by atoms with Gasteiger partial charge in [-0.05, 0) is 31.4 Å². The summed E-state index contributed by atoms with van der Waals surface area (Å²) in [5.41, 5.74) is 0. The van der Waals surface area contributed by atoms with Gasteiger partial charge in [-0.3, -0.25) is 0 Å². The molecular formula is C15H23NO4S2. The first-order valence-corrected chi connectivity index (χ1v) is 10.2. The minimum absolute atomic E-state index is 0.196. The van der Waals surface area contributed by atoms with E-state index < -0.39 is 15.8 Å². The van der Waals surface area contributed by atoms with E-state index in [4.69, 9.17) is 9.47 Å². The standard InChI is InChI=1S/C15H23NO4S2/c1-2-13-6-7-14(21-13)22(17,18)16-10-12-11-19-15(20-12)8-4-3-5-9-15/h6-7,12,16H,2-5,8-11H2,1H3/t12-/m0/s1. The van der Waals surface area contributed by atoms with Crippen molar-refractivity contribution in [2.24, 2.45) is 0 Å². The molecule has 1 saturated carbocycles. The highest BCUT2D eigenvalue weighted by Gasteiger charge is 2.42. The summed E-state index contributed by atoms with van der Waals surface area (Å²) < 4.78 is 39.4. The molecule has 2 aliphatic rings. The zero-order valence-corrected chi connectivity index (χ0v) is 14.5. The highest BCUT2D eigenvalue weighted by molar-refractivity contribution is 7.91. The maximum atomic E-state index is 12.3. The number of ether oxygens (including phenoxy) is 2. The molecule has 0 aromatic carbocycles. The number of rotatable bonds is 5. The van der Waals surface area contributed by atoms with Gasteiger partial charge >= 0.3 is 0 Å². The molecule has 1 aromatic heterocycles. The van der Waals surface area contributed by atoms with Crippen LogP contribution in [0.4, 0.5) is 0 Å². The first-order valence-electron chi connectivity index (χ1n) is 7.93. The Morgan fingerprint density at radius 3 is 2.77 bits per heavy atom. The zero-order valence-electron chi connectivity index (χ0n) is 12.8. The number of hydrogen-bond acceptors (Lipinski definition) is 5. The van der Waals surface area contributed by atoms with Gasteiger partial charge in [-0.2, -0.15) is 0 Å². The Labute approximate surface area is 136 Å². The van der Waals surface area contributed by atoms with Crippen LogP contribution >= 0.6 is 11.3 Å². The first-order chi connectivity index (χ1) is 10.5. The third-order valence-electron chi connectivity index (χ3n) is 4.28. The van der Waals surface area contributed by atoms with Crippen molar-refractivity contribution in [1.29, 1.82) is 0 Å². The van der Waals surface area contributed by atoms with Crippen molar-refractivity contribution in [3.05, 3.63) is 17.0 Å². The predicted molar refractivity (Wildman–Crippen MR) is 85.5 cm³/mol. The van der Waals surface area contributed by atoms with Gasteiger partial charge in [0.25, 0.3) is 0 Å². The van der Waals surface area contributed by atoms with Crippen molar-refractivity contribution in [2.75, 3.05) is 13.2 Å². The zero-order chi connectivity index (χ0) is 15.6. The molecule has 1 aliphatic carbocycles. The molecule has 1 spiro atoms. The number of thiophene rings is 1. The van der Waals surface area contributed by atoms with Gasteiger partial charge in [-0.1, -0.05) is 13.3 Å². The molecular weight excluding hydrogens is 322 g/mol. The second-order valence-corrected chi connectivity index (χ2v) is 9.11. The number of aryl methyl sites for hydroxylation is 1. The maximum absolute atomic E-state index is 12.3. The molecule has 3 rings (SSSR count). The summed E-state index contributed by atoms with van der Waals surface area (Å²) in [7, 11) is -3.45. The Morgan fingerprint density at radius 1 is 1.32 bits per heavy atom. The van der Waals surface area contributed by atoms with Crippen molar-refractivity contribution in [3.63, 3.8) is 0 Å². The molecule has 22 heavy (non-hydrogen) atoms. The van der Waals surface area contributed by atoms with E-state index in [-0.39, 0.29) is 12.6 Å². The van der Waals surface area contributed by atoms with E-state index >= 15 is 0 Å². The van der Waals surface area contributed by atoms with Crippen LogP contribution in [0.15, 0.2) is 16.3 Å². The number of nitrogens with one attached hydrogen (secondary N) is 1. The summed E-state index contributed by atoms with van der Waals surface area (Å²) in [6.45, 7) is 2.75. The molecule has 1 N–H and O–H groups in total. The second kappa shape index (κ2) is 6.57. The topological polar surface area (TPSA) is 64.6 Å². The van der Waals surface area contributed by atoms with Crippen LogP contribution in [-0.2, 0) is 25.9 Å². The van der Waals surface area contributed by atoms with Crippen LogP contribution in [0.2, 0.25) is 0 Å². The molecule has 0 radical (unpaired) electrons. The lowest BCUT2D eigenvalue weighted by Gasteiger charge is -2.31. The van der Waals surface area contributed by atoms with Crippen molar-refractivity contribution >= 4 is 21.4 Å². The fraction of sp³-hybridized carbons (Fsp3) is 0.733. The van der Waals surface area contributed by atoms with E-state index in [2.05, 4.69) is 4.72 Å². The SMILES string of the molecule is CCc1ccc(S(=O)(=O)NC[C@H]2COC3(CCCCC3)O2)s1. The molecule has 1 aromatic rings. The summed E-state index contributed by atoms with van der Waals surface area (Å²) in [6, 6.07) is 3.53. The Morgan fingerprint density at radius 2 is 2.09 bits per heavy atom. The average Bonchev–Trinajstić information content (AvgIpc) is 3.14. The number of hydrogen-bond donors (Lipinski definition) is 1. The maximum Gasteiger partial charge on any atom is 0.250 e. The van der Waals surface area contributed by atoms with E-state index in [0.29, 0.717) is 10.8 Å². The third kappa shape index (κ3) is 3.54. The molecule has 1 aliphatic heterocycles. The van der Waals surface area contributed by atoms with Gasteiger partial charge < -0.3 is 9.47 Å². The van der Waals surface area contributed by atoms with Crippen molar-refractivity contribution in [1.82, 2.24) is 4.72 Å². The quantitative estimate of drug-likeness (QED) is 0.891. The first kappa shape index (κ1) is 16.4. The molecule has 2 heterocycles. The van der Waals surface area contributed by atoms with E-state index in [1.807, 2.05) is 13.0 Å². The average molecular weight is 345 g/mol. The van der Waals surface area contributed by atoms with Gasteiger partial charge in [0.2, 0.25) is 10.0 Å². The lowest BCUT2D eigenvalue weighted by molar-refractivity contribution is -0.186. The molecule has 0 amide bonds. The lowest BCUT2D eigenvalue weighted by atomic mass is 9.94. The molecule has 2 fully saturated rings. The minimum Gasteiger partial charge on any atom is -0.347 e. The highest BCUT2D eigenvalue weighted by Crippen LogP contribution is 2.37. The number of sulfonamides is 1. The third-order valence-corrected chi connectivity index (χ3v) is 7.43. The second-order valence-electron chi connectivity index (χ2n) is 5.95. The molecule has 1 saturated heterocycles. The summed E-state index contributed by atoms with van der Waals surface area (Å²) in [6.07, 6.45) is 5.95. The van der Waals surface area contributed by atoms with Crippen LogP contribution in [0.25, 0.3) is 0 Å². The Balaban J connectivity index is 1.56. The summed E-state index contributed by atoms with van der Waals surface area (Å²) in [5.74, 6) is -0.452. The van der Waals surface area contributed by atoms with Crippen LogP contribution in [0, 0.1) is 0 Å². The van der Waals surface area contributed by atoms with Gasteiger partial charge in [0, 0.05) is 24.3 Å². The van der Waals surface area contributed by atoms with E-state index in [9.17, 15) is 8.42 Å². The van der Waals surface area contributed by atoms with Crippen LogP contribution in [0.3, 0.4) is 0 Å². The van der Waals surface area contributed by atoms with E-state index in [0.717, 1.165) is 37.0 Å². The molecule has 0 unspecified atom stereocenters.